The molecule has 0 aliphatic heterocycles. The quantitative estimate of drug-likeness (QED) is 0.810. The number of carbonyl (C=O) groups is 1. The number of hydrogen-bond acceptors (Lipinski definition) is 4. The van der Waals surface area contributed by atoms with Gasteiger partial charge in [0.05, 0.1) is 11.9 Å². The predicted octanol–water partition coefficient (Wildman–Crippen LogP) is 2.08. The highest BCUT2D eigenvalue weighted by Crippen LogP contribution is 2.17. The Kier molecular flexibility index (Phi) is 6.87. The smallest absolute Gasteiger partial charge is 0.283 e. The lowest BCUT2D eigenvalue weighted by Gasteiger charge is -2.21. The van der Waals surface area contributed by atoms with Crippen molar-refractivity contribution in [2.75, 3.05) is 18.9 Å². The summed E-state index contributed by atoms with van der Waals surface area (Å²) in [5.41, 5.74) is 0.357. The SMILES string of the molecule is CCCCn1ncc(NC(C)C(=O)N(C)CC)c(Br)c1=O. The van der Waals surface area contributed by atoms with Crippen LogP contribution in [0.4, 0.5) is 5.69 Å². The zero-order chi connectivity index (χ0) is 16.0. The van der Waals surface area contributed by atoms with Crippen LogP contribution in [0.5, 0.6) is 0 Å². The number of hydrogen-bond donors (Lipinski definition) is 1. The van der Waals surface area contributed by atoms with Gasteiger partial charge in [-0.3, -0.25) is 9.59 Å². The molecule has 1 heterocycles. The molecule has 0 aliphatic carbocycles. The molecule has 0 aromatic carbocycles. The average Bonchev–Trinajstić information content (AvgIpc) is 2.49. The van der Waals surface area contributed by atoms with Crippen LogP contribution >= 0.6 is 15.9 Å². The first kappa shape index (κ1) is 17.7. The monoisotopic (exact) mass is 358 g/mol. The maximum Gasteiger partial charge on any atom is 0.283 e. The van der Waals surface area contributed by atoms with E-state index in [1.807, 2.05) is 6.92 Å². The molecule has 0 aliphatic rings. The van der Waals surface area contributed by atoms with E-state index in [4.69, 9.17) is 0 Å². The third-order valence-corrected chi connectivity index (χ3v) is 4.07. The molecule has 0 bridgehead atoms. The van der Waals surface area contributed by atoms with E-state index in [-0.39, 0.29) is 11.5 Å². The summed E-state index contributed by atoms with van der Waals surface area (Å²) in [6, 6.07) is -0.418. The molecule has 1 aromatic rings. The Hall–Kier alpha value is -1.37. The van der Waals surface area contributed by atoms with Crippen LogP contribution in [-0.4, -0.2) is 40.2 Å². The number of unbranched alkanes of at least 4 members (excludes halogenated alkanes) is 1. The zero-order valence-corrected chi connectivity index (χ0v) is 14.6. The standard InChI is InChI=1S/C14H23BrN4O2/c1-5-7-8-19-14(21)12(15)11(9-16-19)17-10(3)13(20)18(4)6-2/h9-10,17H,5-8H2,1-4H3. The number of anilines is 1. The summed E-state index contributed by atoms with van der Waals surface area (Å²) >= 11 is 3.29. The highest BCUT2D eigenvalue weighted by Gasteiger charge is 2.18. The van der Waals surface area contributed by atoms with Crippen molar-refractivity contribution >= 4 is 27.5 Å². The van der Waals surface area contributed by atoms with Crippen LogP contribution < -0.4 is 10.9 Å². The lowest BCUT2D eigenvalue weighted by Crippen LogP contribution is -2.39. The number of aromatic nitrogens is 2. The Balaban J connectivity index is 2.88. The van der Waals surface area contributed by atoms with Crippen LogP contribution in [0.3, 0.4) is 0 Å². The van der Waals surface area contributed by atoms with E-state index in [9.17, 15) is 9.59 Å². The van der Waals surface area contributed by atoms with Gasteiger partial charge in [0, 0.05) is 20.1 Å². The molecule has 1 aromatic heterocycles. The Morgan fingerprint density at radius 3 is 2.76 bits per heavy atom. The molecule has 1 unspecified atom stereocenters. The second-order valence-electron chi connectivity index (χ2n) is 4.97. The highest BCUT2D eigenvalue weighted by molar-refractivity contribution is 9.10. The minimum Gasteiger partial charge on any atom is -0.372 e. The summed E-state index contributed by atoms with van der Waals surface area (Å²) in [7, 11) is 1.75. The molecular formula is C14H23BrN4O2. The van der Waals surface area contributed by atoms with Crippen molar-refractivity contribution in [3.63, 3.8) is 0 Å². The summed E-state index contributed by atoms with van der Waals surface area (Å²) in [5, 5.41) is 7.18. The van der Waals surface area contributed by atoms with Crippen LogP contribution in [-0.2, 0) is 11.3 Å². The Morgan fingerprint density at radius 2 is 2.19 bits per heavy atom. The molecule has 1 rings (SSSR count). The lowest BCUT2D eigenvalue weighted by molar-refractivity contribution is -0.130. The van der Waals surface area contributed by atoms with Crippen molar-refractivity contribution in [3.05, 3.63) is 21.0 Å². The zero-order valence-electron chi connectivity index (χ0n) is 13.0. The lowest BCUT2D eigenvalue weighted by atomic mass is 10.2. The first-order valence-corrected chi connectivity index (χ1v) is 7.98. The Morgan fingerprint density at radius 1 is 1.52 bits per heavy atom. The molecular weight excluding hydrogens is 336 g/mol. The number of nitrogens with one attached hydrogen (secondary N) is 1. The number of amides is 1. The van der Waals surface area contributed by atoms with Gasteiger partial charge in [0.25, 0.3) is 5.56 Å². The topological polar surface area (TPSA) is 67.2 Å². The van der Waals surface area contributed by atoms with Gasteiger partial charge in [-0.1, -0.05) is 13.3 Å². The summed E-state index contributed by atoms with van der Waals surface area (Å²) in [4.78, 5) is 25.8. The third-order valence-electron chi connectivity index (χ3n) is 3.30. The molecule has 0 saturated carbocycles. The molecule has 0 fully saturated rings. The van der Waals surface area contributed by atoms with Crippen molar-refractivity contribution < 1.29 is 4.79 Å². The van der Waals surface area contributed by atoms with Gasteiger partial charge in [-0.2, -0.15) is 5.10 Å². The summed E-state index contributed by atoms with van der Waals surface area (Å²) in [6.07, 6.45) is 3.49. The number of rotatable bonds is 7. The number of nitrogens with zero attached hydrogens (tertiary/aromatic N) is 3. The van der Waals surface area contributed by atoms with Crippen LogP contribution in [0.25, 0.3) is 0 Å². The van der Waals surface area contributed by atoms with Gasteiger partial charge in [-0.15, -0.1) is 0 Å². The van der Waals surface area contributed by atoms with Gasteiger partial charge in [-0.25, -0.2) is 4.68 Å². The van der Waals surface area contributed by atoms with Crippen molar-refractivity contribution in [3.8, 4) is 0 Å². The normalized spacial score (nSPS) is 12.0. The van der Waals surface area contributed by atoms with E-state index < -0.39 is 6.04 Å². The van der Waals surface area contributed by atoms with Gasteiger partial charge in [0.15, 0.2) is 0 Å². The molecule has 21 heavy (non-hydrogen) atoms. The average molecular weight is 359 g/mol. The van der Waals surface area contributed by atoms with E-state index in [2.05, 4.69) is 33.3 Å². The molecule has 1 atom stereocenters. The molecule has 7 heteroatoms. The fourth-order valence-electron chi connectivity index (χ4n) is 1.81. The van der Waals surface area contributed by atoms with E-state index in [1.54, 1.807) is 25.1 Å². The van der Waals surface area contributed by atoms with E-state index in [0.717, 1.165) is 12.8 Å². The molecule has 1 N–H and O–H groups in total. The van der Waals surface area contributed by atoms with Gasteiger partial charge in [0.1, 0.15) is 10.5 Å². The van der Waals surface area contributed by atoms with Gasteiger partial charge in [-0.05, 0) is 36.2 Å². The fourth-order valence-corrected chi connectivity index (χ4v) is 2.24. The minimum absolute atomic E-state index is 0.0282. The van der Waals surface area contributed by atoms with Crippen molar-refractivity contribution in [2.24, 2.45) is 0 Å². The van der Waals surface area contributed by atoms with Gasteiger partial charge < -0.3 is 10.2 Å². The van der Waals surface area contributed by atoms with E-state index in [0.29, 0.717) is 23.2 Å². The maximum absolute atomic E-state index is 12.2. The van der Waals surface area contributed by atoms with Crippen LogP contribution in [0, 0.1) is 0 Å². The molecule has 1 amide bonds. The summed E-state index contributed by atoms with van der Waals surface area (Å²) in [6.45, 7) is 6.98. The fraction of sp³-hybridized carbons (Fsp3) is 0.643. The molecule has 0 spiro atoms. The minimum atomic E-state index is -0.418. The second kappa shape index (κ2) is 8.17. The van der Waals surface area contributed by atoms with Gasteiger partial charge in [0.2, 0.25) is 5.91 Å². The van der Waals surface area contributed by atoms with Gasteiger partial charge >= 0.3 is 0 Å². The van der Waals surface area contributed by atoms with Crippen molar-refractivity contribution in [2.45, 2.75) is 46.2 Å². The van der Waals surface area contributed by atoms with Crippen LogP contribution in [0.2, 0.25) is 0 Å². The third kappa shape index (κ3) is 4.56. The van der Waals surface area contributed by atoms with Crippen LogP contribution in [0.1, 0.15) is 33.6 Å². The molecule has 0 radical (unpaired) electrons. The summed E-state index contributed by atoms with van der Waals surface area (Å²) < 4.78 is 1.84. The highest BCUT2D eigenvalue weighted by atomic mass is 79.9. The number of carbonyl (C=O) groups excluding carboxylic acids is 1. The van der Waals surface area contributed by atoms with E-state index >= 15 is 0 Å². The molecule has 0 saturated heterocycles. The predicted molar refractivity (Wildman–Crippen MR) is 87.5 cm³/mol. The van der Waals surface area contributed by atoms with Crippen LogP contribution in [0.15, 0.2) is 15.5 Å². The first-order chi connectivity index (χ1) is 9.92. The Bertz CT molecular complexity index is 544. The largest absolute Gasteiger partial charge is 0.372 e. The summed E-state index contributed by atoms with van der Waals surface area (Å²) in [5.74, 6) is -0.0282. The van der Waals surface area contributed by atoms with Crippen molar-refractivity contribution in [1.29, 1.82) is 0 Å². The first-order valence-electron chi connectivity index (χ1n) is 7.19. The molecule has 6 nitrogen and oxygen atoms in total. The molecule has 118 valence electrons. The van der Waals surface area contributed by atoms with E-state index in [1.165, 1.54) is 4.68 Å². The maximum atomic E-state index is 12.2. The number of halogens is 1. The second-order valence-corrected chi connectivity index (χ2v) is 5.77. The Labute approximate surface area is 133 Å². The number of aryl methyl sites for hydroxylation is 1. The number of likely N-dealkylation sites (N-methyl/N-ethyl adjacent to an activating group) is 1. The van der Waals surface area contributed by atoms with Crippen molar-refractivity contribution in [1.82, 2.24) is 14.7 Å².